The fourth-order valence-electron chi connectivity index (χ4n) is 2.55. The molecule has 2 rings (SSSR count). The lowest BCUT2D eigenvalue weighted by molar-refractivity contribution is 0.0683. The third-order valence-corrected chi connectivity index (χ3v) is 3.75. The first-order chi connectivity index (χ1) is 9.08. The van der Waals surface area contributed by atoms with Crippen LogP contribution in [-0.2, 0) is 4.74 Å². The molecule has 0 unspecified atom stereocenters. The minimum Gasteiger partial charge on any atom is -0.478 e. The highest BCUT2D eigenvalue weighted by atomic mass is 16.5. The summed E-state index contributed by atoms with van der Waals surface area (Å²) in [6.45, 7) is 4.55. The summed E-state index contributed by atoms with van der Waals surface area (Å²) in [5, 5.41) is 9.03. The quantitative estimate of drug-likeness (QED) is 0.907. The third kappa shape index (κ3) is 3.47. The first-order valence-electron chi connectivity index (χ1n) is 6.70. The van der Waals surface area contributed by atoms with Crippen LogP contribution in [0.5, 0.6) is 0 Å². The first kappa shape index (κ1) is 13.9. The number of hydrogen-bond acceptors (Lipinski definition) is 3. The molecule has 0 saturated carbocycles. The van der Waals surface area contributed by atoms with Crippen LogP contribution in [-0.4, -0.2) is 37.9 Å². The van der Waals surface area contributed by atoms with Gasteiger partial charge in [-0.25, -0.2) is 4.79 Å². The van der Waals surface area contributed by atoms with E-state index in [1.165, 1.54) is 0 Å². The van der Waals surface area contributed by atoms with E-state index in [2.05, 4.69) is 11.9 Å². The third-order valence-electron chi connectivity index (χ3n) is 3.75. The average Bonchev–Trinajstić information content (AvgIpc) is 2.39. The van der Waals surface area contributed by atoms with Gasteiger partial charge in [-0.1, -0.05) is 0 Å². The Hall–Kier alpha value is -1.55. The molecule has 0 amide bonds. The number of hydrogen-bond donors (Lipinski definition) is 1. The molecule has 1 aliphatic rings. The number of carbonyl (C=O) groups is 1. The first-order valence-corrected chi connectivity index (χ1v) is 6.70. The van der Waals surface area contributed by atoms with Crippen molar-refractivity contribution < 1.29 is 14.6 Å². The minimum atomic E-state index is -0.865. The van der Waals surface area contributed by atoms with Crippen molar-refractivity contribution in [2.45, 2.75) is 19.8 Å². The molecule has 1 aliphatic heterocycles. The summed E-state index contributed by atoms with van der Waals surface area (Å²) in [5.41, 5.74) is 2.26. The Bertz CT molecular complexity index is 453. The number of benzene rings is 1. The van der Waals surface area contributed by atoms with Crippen LogP contribution in [0.25, 0.3) is 0 Å². The van der Waals surface area contributed by atoms with Gasteiger partial charge in [0.05, 0.1) is 5.56 Å². The molecule has 0 aromatic heterocycles. The highest BCUT2D eigenvalue weighted by Crippen LogP contribution is 2.22. The Labute approximate surface area is 114 Å². The maximum absolute atomic E-state index is 11.0. The molecule has 0 bridgehead atoms. The monoisotopic (exact) mass is 263 g/mol. The second kappa shape index (κ2) is 6.06. The smallest absolute Gasteiger partial charge is 0.335 e. The predicted octanol–water partition coefficient (Wildman–Crippen LogP) is 2.56. The van der Waals surface area contributed by atoms with E-state index in [1.54, 1.807) is 6.07 Å². The minimum absolute atomic E-state index is 0.378. The van der Waals surface area contributed by atoms with Crippen molar-refractivity contribution in [3.05, 3.63) is 29.3 Å². The lowest BCUT2D eigenvalue weighted by Crippen LogP contribution is -2.29. The van der Waals surface area contributed by atoms with Gasteiger partial charge in [0.1, 0.15) is 0 Å². The maximum Gasteiger partial charge on any atom is 0.335 e. The second-order valence-corrected chi connectivity index (χ2v) is 5.24. The lowest BCUT2D eigenvalue weighted by atomic mass is 9.99. The predicted molar refractivity (Wildman–Crippen MR) is 75.0 cm³/mol. The van der Waals surface area contributed by atoms with Crippen molar-refractivity contribution in [2.75, 3.05) is 31.7 Å². The van der Waals surface area contributed by atoms with E-state index in [-0.39, 0.29) is 0 Å². The molecule has 0 spiro atoms. The van der Waals surface area contributed by atoms with Crippen LogP contribution in [0.1, 0.15) is 28.8 Å². The normalized spacial score (nSPS) is 16.3. The summed E-state index contributed by atoms with van der Waals surface area (Å²) in [6.07, 6.45) is 2.22. The average molecular weight is 263 g/mol. The molecular formula is C15H21NO3. The van der Waals surface area contributed by atoms with E-state index in [1.807, 2.05) is 19.1 Å². The molecule has 1 N–H and O–H groups in total. The topological polar surface area (TPSA) is 49.8 Å². The Morgan fingerprint density at radius 3 is 2.68 bits per heavy atom. The van der Waals surface area contributed by atoms with Crippen molar-refractivity contribution in [1.29, 1.82) is 0 Å². The molecule has 0 atom stereocenters. The molecule has 4 nitrogen and oxygen atoms in total. The van der Waals surface area contributed by atoms with Gasteiger partial charge in [0.25, 0.3) is 0 Å². The highest BCUT2D eigenvalue weighted by molar-refractivity contribution is 5.89. The Kier molecular flexibility index (Phi) is 4.43. The van der Waals surface area contributed by atoms with Crippen LogP contribution in [0.3, 0.4) is 0 Å². The lowest BCUT2D eigenvalue weighted by Gasteiger charge is -2.28. The van der Waals surface area contributed by atoms with Gasteiger partial charge in [-0.2, -0.15) is 0 Å². The number of carboxylic acid groups (broad SMARTS) is 1. The summed E-state index contributed by atoms with van der Waals surface area (Å²) in [4.78, 5) is 13.2. The van der Waals surface area contributed by atoms with E-state index >= 15 is 0 Å². The summed E-state index contributed by atoms with van der Waals surface area (Å²) >= 11 is 0. The molecular weight excluding hydrogens is 242 g/mol. The van der Waals surface area contributed by atoms with Crippen molar-refractivity contribution in [3.8, 4) is 0 Å². The summed E-state index contributed by atoms with van der Waals surface area (Å²) in [7, 11) is 2.06. The molecule has 1 fully saturated rings. The molecule has 1 saturated heterocycles. The van der Waals surface area contributed by atoms with Crippen molar-refractivity contribution in [1.82, 2.24) is 0 Å². The number of anilines is 1. The fraction of sp³-hybridized carbons (Fsp3) is 0.533. The summed E-state index contributed by atoms with van der Waals surface area (Å²) in [6, 6.07) is 5.52. The van der Waals surface area contributed by atoms with Crippen LogP contribution >= 0.6 is 0 Å². The SMILES string of the molecule is Cc1cc(N(C)CC2CCOCC2)ccc1C(=O)O. The Morgan fingerprint density at radius 1 is 1.42 bits per heavy atom. The van der Waals surface area contributed by atoms with Crippen LogP contribution < -0.4 is 4.90 Å². The second-order valence-electron chi connectivity index (χ2n) is 5.24. The fourth-order valence-corrected chi connectivity index (χ4v) is 2.55. The zero-order chi connectivity index (χ0) is 13.8. The van der Waals surface area contributed by atoms with Crippen LogP contribution in [0.15, 0.2) is 18.2 Å². The summed E-state index contributed by atoms with van der Waals surface area (Å²) in [5.74, 6) is -0.200. The molecule has 0 radical (unpaired) electrons. The molecule has 1 aromatic rings. The summed E-state index contributed by atoms with van der Waals surface area (Å²) < 4.78 is 5.36. The van der Waals surface area contributed by atoms with E-state index in [0.29, 0.717) is 11.5 Å². The molecule has 4 heteroatoms. The molecule has 1 heterocycles. The molecule has 1 aromatic carbocycles. The van der Waals surface area contributed by atoms with E-state index < -0.39 is 5.97 Å². The number of ether oxygens (including phenoxy) is 1. The standard InChI is InChI=1S/C15H21NO3/c1-11-9-13(3-4-14(11)15(17)18)16(2)10-12-5-7-19-8-6-12/h3-4,9,12H,5-8,10H2,1-2H3,(H,17,18). The molecule has 0 aliphatic carbocycles. The number of aryl methyl sites for hydroxylation is 1. The van der Waals surface area contributed by atoms with Crippen LogP contribution in [0.4, 0.5) is 5.69 Å². The molecule has 104 valence electrons. The van der Waals surface area contributed by atoms with Gasteiger partial charge < -0.3 is 14.7 Å². The van der Waals surface area contributed by atoms with Crippen LogP contribution in [0, 0.1) is 12.8 Å². The Morgan fingerprint density at radius 2 is 2.11 bits per heavy atom. The van der Waals surface area contributed by atoms with Gasteiger partial charge in [-0.3, -0.25) is 0 Å². The van der Waals surface area contributed by atoms with Gasteiger partial charge in [0.15, 0.2) is 0 Å². The van der Waals surface area contributed by atoms with Gasteiger partial charge in [0, 0.05) is 32.5 Å². The van der Waals surface area contributed by atoms with Gasteiger partial charge in [0.2, 0.25) is 0 Å². The van der Waals surface area contributed by atoms with Crippen LogP contribution in [0.2, 0.25) is 0 Å². The van der Waals surface area contributed by atoms with E-state index in [4.69, 9.17) is 9.84 Å². The number of nitrogens with zero attached hydrogens (tertiary/aromatic N) is 1. The van der Waals surface area contributed by atoms with Crippen molar-refractivity contribution >= 4 is 11.7 Å². The largest absolute Gasteiger partial charge is 0.478 e. The number of aromatic carboxylic acids is 1. The number of rotatable bonds is 4. The maximum atomic E-state index is 11.0. The highest BCUT2D eigenvalue weighted by Gasteiger charge is 2.16. The van der Waals surface area contributed by atoms with Gasteiger partial charge >= 0.3 is 5.97 Å². The Balaban J connectivity index is 2.04. The van der Waals surface area contributed by atoms with Gasteiger partial charge in [-0.05, 0) is 49.4 Å². The molecule has 19 heavy (non-hydrogen) atoms. The van der Waals surface area contributed by atoms with Gasteiger partial charge in [-0.15, -0.1) is 0 Å². The number of carboxylic acids is 1. The van der Waals surface area contributed by atoms with Crippen molar-refractivity contribution in [3.63, 3.8) is 0 Å². The zero-order valence-corrected chi connectivity index (χ0v) is 11.6. The zero-order valence-electron chi connectivity index (χ0n) is 11.6. The van der Waals surface area contributed by atoms with E-state index in [9.17, 15) is 4.79 Å². The van der Waals surface area contributed by atoms with Crippen molar-refractivity contribution in [2.24, 2.45) is 5.92 Å². The van der Waals surface area contributed by atoms with E-state index in [0.717, 1.165) is 43.9 Å².